The van der Waals surface area contributed by atoms with Crippen LogP contribution < -0.4 is 0 Å². The Morgan fingerprint density at radius 3 is 1.89 bits per heavy atom. The van der Waals surface area contributed by atoms with E-state index in [1.165, 1.54) is 18.2 Å². The van der Waals surface area contributed by atoms with Gasteiger partial charge in [0.05, 0.1) is 0 Å². The Balaban J connectivity index is 2.83. The molecule has 0 fully saturated rings. The summed E-state index contributed by atoms with van der Waals surface area (Å²) >= 11 is 5.76. The maximum absolute atomic E-state index is 12.2. The van der Waals surface area contributed by atoms with Gasteiger partial charge in [-0.25, -0.2) is 0 Å². The molecular formula is C12H11ClF6. The van der Waals surface area contributed by atoms with Gasteiger partial charge in [0.2, 0.25) is 0 Å². The van der Waals surface area contributed by atoms with E-state index >= 15 is 0 Å². The normalized spacial score (nSPS) is 12.8. The molecule has 0 unspecified atom stereocenters. The summed E-state index contributed by atoms with van der Waals surface area (Å²) in [6.45, 7) is 0. The molecule has 0 radical (unpaired) electrons. The molecule has 108 valence electrons. The van der Waals surface area contributed by atoms with Crippen molar-refractivity contribution in [1.82, 2.24) is 0 Å². The Morgan fingerprint density at radius 1 is 0.842 bits per heavy atom. The van der Waals surface area contributed by atoms with E-state index in [4.69, 9.17) is 11.6 Å². The summed E-state index contributed by atoms with van der Waals surface area (Å²) in [4.78, 5) is 0. The molecule has 0 spiro atoms. The smallest absolute Gasteiger partial charge is 0.171 e. The van der Waals surface area contributed by atoms with Crippen LogP contribution >= 0.6 is 11.6 Å². The van der Waals surface area contributed by atoms with Crippen molar-refractivity contribution >= 4 is 11.6 Å². The molecule has 0 N–H and O–H groups in total. The standard InChI is InChI=1S/C12H11ClF6/c13-10-3-1-2-8(4-6-11(14,15)16)9(10)5-7-12(17,18)19/h1-3H,4-7H2. The zero-order valence-corrected chi connectivity index (χ0v) is 10.5. The Kier molecular flexibility index (Phi) is 5.12. The molecule has 0 aromatic heterocycles. The molecule has 0 heterocycles. The topological polar surface area (TPSA) is 0 Å². The van der Waals surface area contributed by atoms with Gasteiger partial charge in [0.15, 0.2) is 0 Å². The van der Waals surface area contributed by atoms with Gasteiger partial charge in [0, 0.05) is 17.9 Å². The van der Waals surface area contributed by atoms with Crippen LogP contribution in [0, 0.1) is 0 Å². The first-order chi connectivity index (χ1) is 8.58. The monoisotopic (exact) mass is 304 g/mol. The van der Waals surface area contributed by atoms with Gasteiger partial charge >= 0.3 is 12.4 Å². The average Bonchev–Trinajstić information content (AvgIpc) is 2.22. The third-order valence-electron chi connectivity index (χ3n) is 2.55. The molecule has 0 atom stereocenters. The van der Waals surface area contributed by atoms with E-state index < -0.39 is 31.6 Å². The van der Waals surface area contributed by atoms with Crippen LogP contribution in [0.5, 0.6) is 0 Å². The van der Waals surface area contributed by atoms with Crippen molar-refractivity contribution in [3.05, 3.63) is 34.3 Å². The second-order valence-corrected chi connectivity index (χ2v) is 4.52. The summed E-state index contributed by atoms with van der Waals surface area (Å²) in [5.41, 5.74) is 0.361. The quantitative estimate of drug-likeness (QED) is 0.660. The maximum atomic E-state index is 12.2. The van der Waals surface area contributed by atoms with Crippen molar-refractivity contribution < 1.29 is 26.3 Å². The van der Waals surface area contributed by atoms with Crippen molar-refractivity contribution in [2.24, 2.45) is 0 Å². The Hall–Kier alpha value is -0.910. The lowest BCUT2D eigenvalue weighted by Gasteiger charge is -2.14. The van der Waals surface area contributed by atoms with Gasteiger partial charge in [0.1, 0.15) is 0 Å². The van der Waals surface area contributed by atoms with Crippen molar-refractivity contribution in [1.29, 1.82) is 0 Å². The van der Waals surface area contributed by atoms with Crippen LogP contribution in [0.2, 0.25) is 5.02 Å². The first-order valence-electron chi connectivity index (χ1n) is 5.48. The first kappa shape index (κ1) is 16.1. The van der Waals surface area contributed by atoms with Gasteiger partial charge < -0.3 is 0 Å². The van der Waals surface area contributed by atoms with Gasteiger partial charge in [0.25, 0.3) is 0 Å². The zero-order chi connectivity index (χ0) is 14.7. The predicted octanol–water partition coefficient (Wildman–Crippen LogP) is 5.33. The summed E-state index contributed by atoms with van der Waals surface area (Å²) in [6.07, 6.45) is -11.7. The molecule has 0 aliphatic rings. The first-order valence-corrected chi connectivity index (χ1v) is 5.86. The van der Waals surface area contributed by atoms with Crippen LogP contribution in [0.3, 0.4) is 0 Å². The molecule has 0 aliphatic heterocycles. The van der Waals surface area contributed by atoms with Crippen LogP contribution in [0.4, 0.5) is 26.3 Å². The minimum Gasteiger partial charge on any atom is -0.171 e. The Bertz CT molecular complexity index is 421. The second-order valence-electron chi connectivity index (χ2n) is 4.11. The minimum atomic E-state index is -4.36. The van der Waals surface area contributed by atoms with E-state index in [1.54, 1.807) is 0 Å². The molecule has 1 aromatic rings. The molecule has 0 bridgehead atoms. The third kappa shape index (κ3) is 6.18. The molecule has 0 aliphatic carbocycles. The lowest BCUT2D eigenvalue weighted by atomic mass is 9.99. The Labute approximate surface area is 111 Å². The highest BCUT2D eigenvalue weighted by Gasteiger charge is 2.29. The number of benzene rings is 1. The number of alkyl halides is 6. The van der Waals surface area contributed by atoms with Gasteiger partial charge in [-0.2, -0.15) is 26.3 Å². The fraction of sp³-hybridized carbons (Fsp3) is 0.500. The van der Waals surface area contributed by atoms with Crippen molar-refractivity contribution in [3.63, 3.8) is 0 Å². The molecule has 0 nitrogen and oxygen atoms in total. The number of rotatable bonds is 4. The highest BCUT2D eigenvalue weighted by atomic mass is 35.5. The van der Waals surface area contributed by atoms with Crippen LogP contribution in [-0.2, 0) is 12.8 Å². The molecule has 0 amide bonds. The zero-order valence-electron chi connectivity index (χ0n) is 9.71. The second kappa shape index (κ2) is 6.03. The molecule has 0 saturated carbocycles. The molecule has 1 rings (SSSR count). The molecule has 19 heavy (non-hydrogen) atoms. The predicted molar refractivity (Wildman–Crippen MR) is 60.2 cm³/mol. The number of aryl methyl sites for hydroxylation is 1. The number of hydrogen-bond donors (Lipinski definition) is 0. The van der Waals surface area contributed by atoms with E-state index in [-0.39, 0.29) is 22.6 Å². The fourth-order valence-electron chi connectivity index (χ4n) is 1.66. The van der Waals surface area contributed by atoms with Gasteiger partial charge in [-0.1, -0.05) is 23.7 Å². The SMILES string of the molecule is FC(F)(F)CCc1cccc(Cl)c1CCC(F)(F)F. The molecule has 0 saturated heterocycles. The fourth-order valence-corrected chi connectivity index (χ4v) is 1.95. The summed E-state index contributed by atoms with van der Waals surface area (Å²) < 4.78 is 72.9. The van der Waals surface area contributed by atoms with E-state index in [0.29, 0.717) is 0 Å². The van der Waals surface area contributed by atoms with E-state index in [2.05, 4.69) is 0 Å². The van der Waals surface area contributed by atoms with E-state index in [0.717, 1.165) is 0 Å². The maximum Gasteiger partial charge on any atom is 0.389 e. The average molecular weight is 305 g/mol. The van der Waals surface area contributed by atoms with E-state index in [1.807, 2.05) is 0 Å². The largest absolute Gasteiger partial charge is 0.389 e. The van der Waals surface area contributed by atoms with Crippen molar-refractivity contribution in [3.8, 4) is 0 Å². The summed E-state index contributed by atoms with van der Waals surface area (Å²) in [5, 5.41) is 0.0731. The van der Waals surface area contributed by atoms with Crippen LogP contribution in [0.25, 0.3) is 0 Å². The van der Waals surface area contributed by atoms with E-state index in [9.17, 15) is 26.3 Å². The number of hydrogen-bond acceptors (Lipinski definition) is 0. The van der Waals surface area contributed by atoms with Crippen molar-refractivity contribution in [2.45, 2.75) is 38.0 Å². The van der Waals surface area contributed by atoms with Crippen LogP contribution in [0.1, 0.15) is 24.0 Å². The molecule has 1 aromatic carbocycles. The van der Waals surface area contributed by atoms with Crippen LogP contribution in [0.15, 0.2) is 18.2 Å². The minimum absolute atomic E-state index is 0.0731. The lowest BCUT2D eigenvalue weighted by molar-refractivity contribution is -0.135. The molecule has 7 heteroatoms. The summed E-state index contributed by atoms with van der Waals surface area (Å²) in [7, 11) is 0. The van der Waals surface area contributed by atoms with Gasteiger partial charge in [-0.3, -0.25) is 0 Å². The van der Waals surface area contributed by atoms with Gasteiger partial charge in [-0.15, -0.1) is 0 Å². The summed E-state index contributed by atoms with van der Waals surface area (Å²) in [6, 6.07) is 4.19. The lowest BCUT2D eigenvalue weighted by Crippen LogP contribution is -2.12. The summed E-state index contributed by atoms with van der Waals surface area (Å²) in [5.74, 6) is 0. The van der Waals surface area contributed by atoms with Gasteiger partial charge in [-0.05, 0) is 30.0 Å². The Morgan fingerprint density at radius 2 is 1.37 bits per heavy atom. The van der Waals surface area contributed by atoms with Crippen molar-refractivity contribution in [2.75, 3.05) is 0 Å². The number of halogens is 7. The highest BCUT2D eigenvalue weighted by molar-refractivity contribution is 6.31. The highest BCUT2D eigenvalue weighted by Crippen LogP contribution is 2.30. The molecular weight excluding hydrogens is 294 g/mol. The van der Waals surface area contributed by atoms with Crippen LogP contribution in [-0.4, -0.2) is 12.4 Å². The third-order valence-corrected chi connectivity index (χ3v) is 2.91.